The van der Waals surface area contributed by atoms with Gasteiger partial charge in [0.15, 0.2) is 0 Å². The fourth-order valence-electron chi connectivity index (χ4n) is 1.38. The number of hydrogen-bond donors (Lipinski definition) is 2. The summed E-state index contributed by atoms with van der Waals surface area (Å²) in [5.41, 5.74) is 3.44. The topological polar surface area (TPSA) is 50.9 Å². The summed E-state index contributed by atoms with van der Waals surface area (Å²) < 4.78 is 12.6. The van der Waals surface area contributed by atoms with Gasteiger partial charge in [0, 0.05) is 0 Å². The molecule has 0 spiro atoms. The van der Waals surface area contributed by atoms with E-state index < -0.39 is 0 Å². The van der Waals surface area contributed by atoms with Crippen LogP contribution in [0.2, 0.25) is 0 Å². The van der Waals surface area contributed by atoms with Crippen molar-refractivity contribution >= 4 is 0 Å². The van der Waals surface area contributed by atoms with Gasteiger partial charge in [0.05, 0.1) is 17.9 Å². The van der Waals surface area contributed by atoms with Gasteiger partial charge in [-0.15, -0.1) is 6.58 Å². The van der Waals surface area contributed by atoms with Crippen molar-refractivity contribution in [1.29, 1.82) is 0 Å². The number of rotatable bonds is 6. The van der Waals surface area contributed by atoms with E-state index in [1.54, 1.807) is 6.07 Å². The van der Waals surface area contributed by atoms with E-state index in [9.17, 15) is 4.39 Å². The number of hydrazine groups is 1. The Morgan fingerprint density at radius 3 is 2.93 bits per heavy atom. The van der Waals surface area contributed by atoms with Crippen molar-refractivity contribution < 1.29 is 4.39 Å². The van der Waals surface area contributed by atoms with Gasteiger partial charge in [-0.2, -0.15) is 0 Å². The zero-order valence-electron chi connectivity index (χ0n) is 8.62. The maximum absolute atomic E-state index is 12.6. The highest BCUT2D eigenvalue weighted by atomic mass is 19.1. The number of allylic oxidation sites excluding steroid dienone is 1. The second-order valence-corrected chi connectivity index (χ2v) is 3.34. The number of nitrogens with two attached hydrogens (primary N) is 1. The highest BCUT2D eigenvalue weighted by molar-refractivity contribution is 5.09. The smallest absolute Gasteiger partial charge is 0.141 e. The van der Waals surface area contributed by atoms with Gasteiger partial charge in [-0.1, -0.05) is 6.08 Å². The van der Waals surface area contributed by atoms with Crippen LogP contribution in [-0.4, -0.2) is 4.98 Å². The van der Waals surface area contributed by atoms with Crippen molar-refractivity contribution in [2.45, 2.75) is 25.3 Å². The van der Waals surface area contributed by atoms with Crippen molar-refractivity contribution in [2.24, 2.45) is 5.84 Å². The summed E-state index contributed by atoms with van der Waals surface area (Å²) in [6.07, 6.45) is 5.86. The Kier molecular flexibility index (Phi) is 4.93. The largest absolute Gasteiger partial charge is 0.271 e. The lowest BCUT2D eigenvalue weighted by Gasteiger charge is -2.14. The third-order valence-electron chi connectivity index (χ3n) is 2.21. The molecule has 0 bridgehead atoms. The summed E-state index contributed by atoms with van der Waals surface area (Å²) in [6.45, 7) is 3.65. The Labute approximate surface area is 89.2 Å². The van der Waals surface area contributed by atoms with Gasteiger partial charge in [-0.3, -0.25) is 16.3 Å². The third-order valence-corrected chi connectivity index (χ3v) is 2.21. The standard InChI is InChI=1S/C11H16FN3/c1-2-3-4-5-11(15-13)10-7-6-9(12)8-14-10/h2,6-8,11,15H,1,3-5,13H2. The minimum atomic E-state index is -0.333. The van der Waals surface area contributed by atoms with Crippen molar-refractivity contribution in [3.63, 3.8) is 0 Å². The molecule has 1 atom stereocenters. The van der Waals surface area contributed by atoms with Crippen LogP contribution in [0.25, 0.3) is 0 Å². The summed E-state index contributed by atoms with van der Waals surface area (Å²) in [7, 11) is 0. The highest BCUT2D eigenvalue weighted by Gasteiger charge is 2.09. The molecule has 0 aliphatic rings. The highest BCUT2D eigenvalue weighted by Crippen LogP contribution is 2.16. The van der Waals surface area contributed by atoms with Crippen LogP contribution < -0.4 is 11.3 Å². The molecule has 1 heterocycles. The zero-order valence-corrected chi connectivity index (χ0v) is 8.62. The molecule has 1 rings (SSSR count). The summed E-state index contributed by atoms with van der Waals surface area (Å²) >= 11 is 0. The molecule has 1 aromatic rings. The van der Waals surface area contributed by atoms with E-state index in [1.807, 2.05) is 6.08 Å². The molecule has 0 fully saturated rings. The monoisotopic (exact) mass is 209 g/mol. The van der Waals surface area contributed by atoms with Gasteiger partial charge in [-0.05, 0) is 31.4 Å². The molecule has 0 saturated heterocycles. The molecule has 0 saturated carbocycles. The minimum absolute atomic E-state index is 0.0226. The number of nitrogens with one attached hydrogen (secondary N) is 1. The predicted octanol–water partition coefficient (Wildman–Crippen LogP) is 2.08. The van der Waals surface area contributed by atoms with Crippen molar-refractivity contribution in [1.82, 2.24) is 10.4 Å². The third kappa shape index (κ3) is 3.77. The lowest BCUT2D eigenvalue weighted by Crippen LogP contribution is -2.28. The maximum atomic E-state index is 12.6. The Morgan fingerprint density at radius 1 is 1.60 bits per heavy atom. The van der Waals surface area contributed by atoms with Gasteiger partial charge < -0.3 is 0 Å². The molecule has 0 aliphatic heterocycles. The van der Waals surface area contributed by atoms with E-state index in [0.29, 0.717) is 0 Å². The Morgan fingerprint density at radius 2 is 2.40 bits per heavy atom. The molecule has 82 valence electrons. The fourth-order valence-corrected chi connectivity index (χ4v) is 1.38. The Hall–Kier alpha value is -1.26. The first-order chi connectivity index (χ1) is 7.27. The van der Waals surface area contributed by atoms with Crippen LogP contribution in [0, 0.1) is 5.82 Å². The molecular weight excluding hydrogens is 193 g/mol. The lowest BCUT2D eigenvalue weighted by molar-refractivity contribution is 0.487. The number of halogens is 1. The number of hydrogen-bond acceptors (Lipinski definition) is 3. The van der Waals surface area contributed by atoms with E-state index in [-0.39, 0.29) is 11.9 Å². The number of pyridine rings is 1. The maximum Gasteiger partial charge on any atom is 0.141 e. The number of nitrogens with zero attached hydrogens (tertiary/aromatic N) is 1. The van der Waals surface area contributed by atoms with Gasteiger partial charge in [0.2, 0.25) is 0 Å². The molecule has 0 amide bonds. The molecule has 3 N–H and O–H groups in total. The zero-order chi connectivity index (χ0) is 11.1. The lowest BCUT2D eigenvalue weighted by atomic mass is 10.1. The van der Waals surface area contributed by atoms with Crippen molar-refractivity contribution in [3.05, 3.63) is 42.5 Å². The van der Waals surface area contributed by atoms with Gasteiger partial charge in [-0.25, -0.2) is 4.39 Å². The molecule has 1 aromatic heterocycles. The summed E-state index contributed by atoms with van der Waals surface area (Å²) in [6, 6.07) is 3.01. The summed E-state index contributed by atoms with van der Waals surface area (Å²) in [4.78, 5) is 3.98. The average molecular weight is 209 g/mol. The minimum Gasteiger partial charge on any atom is -0.271 e. The average Bonchev–Trinajstić information content (AvgIpc) is 2.26. The van der Waals surface area contributed by atoms with E-state index in [2.05, 4.69) is 17.0 Å². The van der Waals surface area contributed by atoms with Crippen LogP contribution in [0.4, 0.5) is 4.39 Å². The van der Waals surface area contributed by atoms with Crippen LogP contribution in [0.1, 0.15) is 31.0 Å². The molecule has 4 heteroatoms. The van der Waals surface area contributed by atoms with Gasteiger partial charge in [0.1, 0.15) is 5.82 Å². The molecular formula is C11H16FN3. The second kappa shape index (κ2) is 6.27. The van der Waals surface area contributed by atoms with E-state index >= 15 is 0 Å². The van der Waals surface area contributed by atoms with Gasteiger partial charge >= 0.3 is 0 Å². The molecule has 15 heavy (non-hydrogen) atoms. The normalized spacial score (nSPS) is 12.4. The van der Waals surface area contributed by atoms with Crippen LogP contribution >= 0.6 is 0 Å². The first kappa shape index (κ1) is 11.8. The fraction of sp³-hybridized carbons (Fsp3) is 0.364. The first-order valence-electron chi connectivity index (χ1n) is 4.96. The molecule has 0 aliphatic carbocycles. The summed E-state index contributed by atoms with van der Waals surface area (Å²) in [5.74, 6) is 5.08. The van der Waals surface area contributed by atoms with Gasteiger partial charge in [0.25, 0.3) is 0 Å². The SMILES string of the molecule is C=CCCCC(NN)c1ccc(F)cn1. The van der Waals surface area contributed by atoms with Crippen LogP contribution in [0.5, 0.6) is 0 Å². The van der Waals surface area contributed by atoms with Crippen LogP contribution in [0.15, 0.2) is 31.0 Å². The molecule has 0 aromatic carbocycles. The van der Waals surface area contributed by atoms with Crippen molar-refractivity contribution in [3.8, 4) is 0 Å². The Balaban J connectivity index is 2.57. The van der Waals surface area contributed by atoms with Crippen molar-refractivity contribution in [2.75, 3.05) is 0 Å². The van der Waals surface area contributed by atoms with E-state index in [1.165, 1.54) is 12.3 Å². The quantitative estimate of drug-likeness (QED) is 0.326. The summed E-state index contributed by atoms with van der Waals surface area (Å²) in [5, 5.41) is 0. The van der Waals surface area contributed by atoms with Crippen LogP contribution in [0.3, 0.4) is 0 Å². The van der Waals surface area contributed by atoms with E-state index in [4.69, 9.17) is 5.84 Å². The predicted molar refractivity (Wildman–Crippen MR) is 58.3 cm³/mol. The Bertz CT molecular complexity index is 297. The van der Waals surface area contributed by atoms with Crippen LogP contribution in [-0.2, 0) is 0 Å². The molecule has 1 unspecified atom stereocenters. The first-order valence-corrected chi connectivity index (χ1v) is 4.96. The van der Waals surface area contributed by atoms with E-state index in [0.717, 1.165) is 25.0 Å². The molecule has 0 radical (unpaired) electrons. The second-order valence-electron chi connectivity index (χ2n) is 3.34. The number of unbranched alkanes of at least 4 members (excludes halogenated alkanes) is 1. The number of aromatic nitrogens is 1. The molecule has 3 nitrogen and oxygen atoms in total.